The van der Waals surface area contributed by atoms with E-state index in [1.54, 1.807) is 18.2 Å². The first-order chi connectivity index (χ1) is 7.19. The van der Waals surface area contributed by atoms with Crippen molar-refractivity contribution in [3.63, 3.8) is 0 Å². The van der Waals surface area contributed by atoms with Crippen molar-refractivity contribution in [1.29, 1.82) is 0 Å². The predicted molar refractivity (Wildman–Crippen MR) is 54.5 cm³/mol. The van der Waals surface area contributed by atoms with Crippen LogP contribution in [-0.4, -0.2) is 34.3 Å². The van der Waals surface area contributed by atoms with Crippen LogP contribution in [-0.2, 0) is 0 Å². The molecule has 0 bridgehead atoms. The zero-order valence-corrected chi connectivity index (χ0v) is 8.21. The third kappa shape index (κ3) is 3.13. The fraction of sp³-hybridized carbons (Fsp3) is 0.364. The van der Waals surface area contributed by atoms with Crippen molar-refractivity contribution in [3.05, 3.63) is 35.4 Å². The zero-order chi connectivity index (χ0) is 11.3. The molecular weight excluding hydrogens is 196 g/mol. The van der Waals surface area contributed by atoms with Crippen molar-refractivity contribution in [2.24, 2.45) is 0 Å². The molecule has 4 nitrogen and oxygen atoms in total. The molecule has 0 fully saturated rings. The first kappa shape index (κ1) is 11.8. The molecule has 0 saturated carbocycles. The minimum atomic E-state index is -1.07. The summed E-state index contributed by atoms with van der Waals surface area (Å²) in [5.74, 6) is 0. The van der Waals surface area contributed by atoms with Crippen LogP contribution in [0.15, 0.2) is 24.3 Å². The summed E-state index contributed by atoms with van der Waals surface area (Å²) in [6, 6.07) is 6.38. The predicted octanol–water partition coefficient (Wildman–Crippen LogP) is 0.276. The van der Waals surface area contributed by atoms with Gasteiger partial charge in [0.2, 0.25) is 0 Å². The van der Waals surface area contributed by atoms with Gasteiger partial charge in [0.05, 0.1) is 6.10 Å². The molecule has 4 heteroatoms. The maximum Gasteiger partial charge on any atom is 0.150 e. The molecule has 0 aromatic heterocycles. The molecule has 0 aliphatic heterocycles. The third-order valence-corrected chi connectivity index (χ3v) is 2.18. The first-order valence-corrected chi connectivity index (χ1v) is 4.71. The summed E-state index contributed by atoms with van der Waals surface area (Å²) in [5, 5.41) is 27.7. The number of carbonyl (C=O) groups is 1. The standard InChI is InChI=1S/C11H14O4/c12-5-4-10(14)11(15)9-3-1-2-8(6-9)7-13/h1-3,6-7,10-12,14-15H,4-5H2. The van der Waals surface area contributed by atoms with Gasteiger partial charge in [-0.25, -0.2) is 0 Å². The van der Waals surface area contributed by atoms with Gasteiger partial charge in [0.1, 0.15) is 12.4 Å². The van der Waals surface area contributed by atoms with Gasteiger partial charge in [0, 0.05) is 12.2 Å². The van der Waals surface area contributed by atoms with Crippen LogP contribution in [0.3, 0.4) is 0 Å². The maximum atomic E-state index is 10.5. The summed E-state index contributed by atoms with van der Waals surface area (Å²) in [4.78, 5) is 10.5. The highest BCUT2D eigenvalue weighted by atomic mass is 16.3. The molecule has 1 aromatic carbocycles. The van der Waals surface area contributed by atoms with Gasteiger partial charge in [-0.05, 0) is 18.1 Å². The summed E-state index contributed by atoms with van der Waals surface area (Å²) in [7, 11) is 0. The molecule has 1 aromatic rings. The largest absolute Gasteiger partial charge is 0.396 e. The Bertz CT molecular complexity index is 324. The van der Waals surface area contributed by atoms with Gasteiger partial charge in [-0.2, -0.15) is 0 Å². The Hall–Kier alpha value is -1.23. The highest BCUT2D eigenvalue weighted by molar-refractivity contribution is 5.74. The second kappa shape index (κ2) is 5.60. The van der Waals surface area contributed by atoms with Crippen LogP contribution in [0.1, 0.15) is 28.4 Å². The van der Waals surface area contributed by atoms with E-state index in [4.69, 9.17) is 5.11 Å². The molecule has 0 radical (unpaired) electrons. The number of aldehydes is 1. The van der Waals surface area contributed by atoms with E-state index in [9.17, 15) is 15.0 Å². The van der Waals surface area contributed by atoms with Gasteiger partial charge in [-0.3, -0.25) is 4.79 Å². The Morgan fingerprint density at radius 2 is 2.07 bits per heavy atom. The second-order valence-electron chi connectivity index (χ2n) is 3.31. The normalized spacial score (nSPS) is 14.6. The lowest BCUT2D eigenvalue weighted by Crippen LogP contribution is -2.19. The lowest BCUT2D eigenvalue weighted by Gasteiger charge is -2.17. The van der Waals surface area contributed by atoms with Gasteiger partial charge < -0.3 is 15.3 Å². The highest BCUT2D eigenvalue weighted by Crippen LogP contribution is 2.19. The molecule has 82 valence electrons. The van der Waals surface area contributed by atoms with E-state index in [1.165, 1.54) is 6.07 Å². The Balaban J connectivity index is 2.80. The van der Waals surface area contributed by atoms with Crippen LogP contribution in [0.2, 0.25) is 0 Å². The van der Waals surface area contributed by atoms with Crippen LogP contribution in [0.4, 0.5) is 0 Å². The van der Waals surface area contributed by atoms with Gasteiger partial charge in [-0.1, -0.05) is 18.2 Å². The average molecular weight is 210 g/mol. The molecule has 2 atom stereocenters. The summed E-state index contributed by atoms with van der Waals surface area (Å²) in [6.45, 7) is -0.189. The molecule has 0 amide bonds. The van der Waals surface area contributed by atoms with Crippen molar-refractivity contribution < 1.29 is 20.1 Å². The van der Waals surface area contributed by atoms with Crippen molar-refractivity contribution in [1.82, 2.24) is 0 Å². The van der Waals surface area contributed by atoms with Crippen LogP contribution in [0.5, 0.6) is 0 Å². The quantitative estimate of drug-likeness (QED) is 0.610. The van der Waals surface area contributed by atoms with Gasteiger partial charge in [0.15, 0.2) is 0 Å². The topological polar surface area (TPSA) is 77.8 Å². The third-order valence-electron chi connectivity index (χ3n) is 2.18. The minimum Gasteiger partial charge on any atom is -0.396 e. The Morgan fingerprint density at radius 1 is 1.33 bits per heavy atom. The number of benzene rings is 1. The van der Waals surface area contributed by atoms with E-state index in [0.29, 0.717) is 17.4 Å². The fourth-order valence-corrected chi connectivity index (χ4v) is 1.33. The monoisotopic (exact) mass is 210 g/mol. The summed E-state index contributed by atoms with van der Waals surface area (Å²) in [5.41, 5.74) is 0.920. The van der Waals surface area contributed by atoms with E-state index >= 15 is 0 Å². The molecule has 0 aliphatic rings. The van der Waals surface area contributed by atoms with E-state index < -0.39 is 12.2 Å². The van der Waals surface area contributed by atoms with Crippen LogP contribution < -0.4 is 0 Å². The van der Waals surface area contributed by atoms with Crippen molar-refractivity contribution in [2.75, 3.05) is 6.61 Å². The van der Waals surface area contributed by atoms with Crippen LogP contribution in [0.25, 0.3) is 0 Å². The number of carbonyl (C=O) groups excluding carboxylic acids is 1. The molecule has 15 heavy (non-hydrogen) atoms. The van der Waals surface area contributed by atoms with Crippen molar-refractivity contribution in [2.45, 2.75) is 18.6 Å². The molecule has 2 unspecified atom stereocenters. The molecular formula is C11H14O4. The lowest BCUT2D eigenvalue weighted by molar-refractivity contribution is 0.00419. The van der Waals surface area contributed by atoms with Gasteiger partial charge >= 0.3 is 0 Å². The van der Waals surface area contributed by atoms with Gasteiger partial charge in [0.25, 0.3) is 0 Å². The van der Waals surface area contributed by atoms with Gasteiger partial charge in [-0.15, -0.1) is 0 Å². The summed E-state index contributed by atoms with van der Waals surface area (Å²) in [6.07, 6.45) is -1.31. The second-order valence-corrected chi connectivity index (χ2v) is 3.31. The van der Waals surface area contributed by atoms with E-state index in [2.05, 4.69) is 0 Å². The SMILES string of the molecule is O=Cc1cccc(C(O)C(O)CCO)c1. The van der Waals surface area contributed by atoms with Crippen molar-refractivity contribution in [3.8, 4) is 0 Å². The highest BCUT2D eigenvalue weighted by Gasteiger charge is 2.17. The minimum absolute atomic E-state index is 0.104. The number of hydrogen-bond acceptors (Lipinski definition) is 4. The molecule has 0 aliphatic carbocycles. The van der Waals surface area contributed by atoms with Crippen LogP contribution >= 0.6 is 0 Å². The molecule has 1 rings (SSSR count). The van der Waals surface area contributed by atoms with E-state index in [-0.39, 0.29) is 13.0 Å². The smallest absolute Gasteiger partial charge is 0.150 e. The molecule has 0 heterocycles. The molecule has 0 saturated heterocycles. The fourth-order valence-electron chi connectivity index (χ4n) is 1.33. The Morgan fingerprint density at radius 3 is 2.67 bits per heavy atom. The first-order valence-electron chi connectivity index (χ1n) is 4.71. The lowest BCUT2D eigenvalue weighted by atomic mass is 10.0. The van der Waals surface area contributed by atoms with E-state index in [0.717, 1.165) is 0 Å². The summed E-state index contributed by atoms with van der Waals surface area (Å²) >= 11 is 0. The average Bonchev–Trinajstić information content (AvgIpc) is 2.28. The van der Waals surface area contributed by atoms with E-state index in [1.807, 2.05) is 0 Å². The molecule has 0 spiro atoms. The Labute approximate surface area is 87.8 Å². The number of aliphatic hydroxyl groups is 3. The maximum absolute atomic E-state index is 10.5. The molecule has 3 N–H and O–H groups in total. The summed E-state index contributed by atoms with van der Waals surface area (Å²) < 4.78 is 0. The number of hydrogen-bond donors (Lipinski definition) is 3. The zero-order valence-electron chi connectivity index (χ0n) is 8.21. The van der Waals surface area contributed by atoms with Crippen molar-refractivity contribution >= 4 is 6.29 Å². The number of rotatable bonds is 5. The Kier molecular flexibility index (Phi) is 4.42. The van der Waals surface area contributed by atoms with Crippen LogP contribution in [0, 0.1) is 0 Å². The number of aliphatic hydroxyl groups excluding tert-OH is 3.